The molecule has 178 valence electrons. The molecule has 35 heavy (non-hydrogen) atoms. The monoisotopic (exact) mass is 484 g/mol. The highest BCUT2D eigenvalue weighted by Crippen LogP contribution is 2.35. The largest absolute Gasteiger partial charge is 0.350 e. The normalized spacial score (nSPS) is 17.3. The molecule has 1 N–H and O–H groups in total. The van der Waals surface area contributed by atoms with E-state index in [2.05, 4.69) is 18.3 Å². The van der Waals surface area contributed by atoms with Crippen LogP contribution in [0.1, 0.15) is 41.0 Å². The number of anilines is 1. The van der Waals surface area contributed by atoms with Gasteiger partial charge in [0.25, 0.3) is 5.91 Å². The number of carbonyl (C=O) groups excluding carboxylic acids is 2. The SMILES string of the molecule is CCc1cccc(N2C(=O)c3cc(-c4cccs4)nn3CC2(C)C(=O)NCc2cccc(C)c2)c1. The third kappa shape index (κ3) is 4.28. The number of hydrogen-bond acceptors (Lipinski definition) is 4. The molecular weight excluding hydrogens is 456 g/mol. The van der Waals surface area contributed by atoms with Crippen LogP contribution in [0.4, 0.5) is 5.69 Å². The Bertz CT molecular complexity index is 1390. The van der Waals surface area contributed by atoms with Crippen molar-refractivity contribution in [3.63, 3.8) is 0 Å². The quantitative estimate of drug-likeness (QED) is 0.408. The minimum absolute atomic E-state index is 0.215. The summed E-state index contributed by atoms with van der Waals surface area (Å²) in [6.45, 7) is 6.58. The number of hydrogen-bond donors (Lipinski definition) is 1. The van der Waals surface area contributed by atoms with Crippen LogP contribution in [0, 0.1) is 6.92 Å². The zero-order valence-electron chi connectivity index (χ0n) is 20.1. The molecule has 2 aromatic carbocycles. The minimum Gasteiger partial charge on any atom is -0.350 e. The van der Waals surface area contributed by atoms with Crippen molar-refractivity contribution >= 4 is 28.8 Å². The lowest BCUT2D eigenvalue weighted by Crippen LogP contribution is -2.64. The Morgan fingerprint density at radius 3 is 2.63 bits per heavy atom. The van der Waals surface area contributed by atoms with Crippen molar-refractivity contribution < 1.29 is 9.59 Å². The van der Waals surface area contributed by atoms with E-state index in [0.29, 0.717) is 17.9 Å². The van der Waals surface area contributed by atoms with Gasteiger partial charge < -0.3 is 5.32 Å². The first-order chi connectivity index (χ1) is 16.9. The van der Waals surface area contributed by atoms with Crippen molar-refractivity contribution in [3.05, 3.63) is 94.5 Å². The van der Waals surface area contributed by atoms with Crippen molar-refractivity contribution in [2.45, 2.75) is 45.8 Å². The number of fused-ring (bicyclic) bond motifs is 1. The summed E-state index contributed by atoms with van der Waals surface area (Å²) in [6, 6.07) is 21.7. The van der Waals surface area contributed by atoms with Gasteiger partial charge in [-0.25, -0.2) is 0 Å². The van der Waals surface area contributed by atoms with Crippen LogP contribution in [0.25, 0.3) is 10.6 Å². The molecule has 0 saturated heterocycles. The van der Waals surface area contributed by atoms with E-state index >= 15 is 0 Å². The standard InChI is InChI=1S/C28H28N4O2S/c1-4-20-9-6-11-22(15-20)32-26(33)24-16-23(25-12-7-13-35-25)30-31(24)18-28(32,3)27(34)29-17-21-10-5-8-19(2)14-21/h5-16H,4,17-18H2,1-3H3,(H,29,34). The molecule has 0 aliphatic carbocycles. The van der Waals surface area contributed by atoms with Crippen LogP contribution in [-0.4, -0.2) is 27.1 Å². The molecule has 0 saturated carbocycles. The fourth-order valence-corrected chi connectivity index (χ4v) is 5.32. The van der Waals surface area contributed by atoms with Gasteiger partial charge in [0.2, 0.25) is 5.91 Å². The second-order valence-corrected chi connectivity index (χ2v) is 10.1. The van der Waals surface area contributed by atoms with Gasteiger partial charge in [0.15, 0.2) is 0 Å². The van der Waals surface area contributed by atoms with Crippen molar-refractivity contribution in [2.75, 3.05) is 4.90 Å². The van der Waals surface area contributed by atoms with Gasteiger partial charge in [0.1, 0.15) is 16.9 Å². The lowest BCUT2D eigenvalue weighted by molar-refractivity contribution is -0.126. The van der Waals surface area contributed by atoms with Crippen molar-refractivity contribution in [1.82, 2.24) is 15.1 Å². The zero-order chi connectivity index (χ0) is 24.6. The van der Waals surface area contributed by atoms with Crippen molar-refractivity contribution in [1.29, 1.82) is 0 Å². The number of benzene rings is 2. The molecule has 0 spiro atoms. The maximum Gasteiger partial charge on any atom is 0.277 e. The number of aromatic nitrogens is 2. The van der Waals surface area contributed by atoms with Crippen LogP contribution in [0.2, 0.25) is 0 Å². The summed E-state index contributed by atoms with van der Waals surface area (Å²) in [5.74, 6) is -0.443. The van der Waals surface area contributed by atoms with E-state index in [9.17, 15) is 9.59 Å². The van der Waals surface area contributed by atoms with E-state index in [0.717, 1.165) is 33.7 Å². The highest BCUT2D eigenvalue weighted by molar-refractivity contribution is 7.13. The van der Waals surface area contributed by atoms with Crippen molar-refractivity contribution in [2.24, 2.45) is 0 Å². The Morgan fingerprint density at radius 2 is 1.89 bits per heavy atom. The average molecular weight is 485 g/mol. The summed E-state index contributed by atoms with van der Waals surface area (Å²) in [5.41, 5.74) is 4.05. The predicted molar refractivity (Wildman–Crippen MR) is 140 cm³/mol. The van der Waals surface area contributed by atoms with E-state index < -0.39 is 5.54 Å². The fraction of sp³-hybridized carbons (Fsp3) is 0.250. The third-order valence-corrected chi connectivity index (χ3v) is 7.42. The maximum absolute atomic E-state index is 13.9. The van der Waals surface area contributed by atoms with Gasteiger partial charge in [0, 0.05) is 12.2 Å². The first-order valence-electron chi connectivity index (χ1n) is 11.8. The molecule has 2 aromatic heterocycles. The topological polar surface area (TPSA) is 67.2 Å². The Morgan fingerprint density at radius 1 is 1.09 bits per heavy atom. The maximum atomic E-state index is 13.9. The Kier molecular flexibility index (Phi) is 6.03. The summed E-state index contributed by atoms with van der Waals surface area (Å²) < 4.78 is 1.68. The molecule has 6 nitrogen and oxygen atoms in total. The van der Waals surface area contributed by atoms with Gasteiger partial charge in [-0.15, -0.1) is 11.3 Å². The molecule has 1 aliphatic heterocycles. The van der Waals surface area contributed by atoms with Gasteiger partial charge >= 0.3 is 0 Å². The van der Waals surface area contributed by atoms with Gasteiger partial charge in [0.05, 0.1) is 11.4 Å². The molecule has 7 heteroatoms. The first-order valence-corrected chi connectivity index (χ1v) is 12.7. The van der Waals surface area contributed by atoms with Gasteiger partial charge in [-0.1, -0.05) is 55.0 Å². The molecule has 1 atom stereocenters. The number of nitrogens with zero attached hydrogens (tertiary/aromatic N) is 3. The number of rotatable bonds is 6. The van der Waals surface area contributed by atoms with Crippen LogP contribution in [-0.2, 0) is 24.3 Å². The molecule has 0 radical (unpaired) electrons. The minimum atomic E-state index is -1.15. The number of thiophene rings is 1. The summed E-state index contributed by atoms with van der Waals surface area (Å²) in [6.07, 6.45) is 0.840. The lowest BCUT2D eigenvalue weighted by atomic mass is 9.93. The molecule has 1 unspecified atom stereocenters. The molecule has 0 bridgehead atoms. The van der Waals surface area contributed by atoms with Crippen LogP contribution in [0.5, 0.6) is 0 Å². The molecular formula is C28H28N4O2S. The predicted octanol–water partition coefficient (Wildman–Crippen LogP) is 5.22. The summed E-state index contributed by atoms with van der Waals surface area (Å²) in [5, 5.41) is 9.78. The van der Waals surface area contributed by atoms with E-state index in [1.807, 2.05) is 79.9 Å². The molecule has 5 rings (SSSR count). The number of amides is 2. The highest BCUT2D eigenvalue weighted by Gasteiger charge is 2.49. The fourth-order valence-electron chi connectivity index (χ4n) is 4.64. The Hall–Kier alpha value is -3.71. The molecule has 0 fully saturated rings. The van der Waals surface area contributed by atoms with Gasteiger partial charge in [-0.3, -0.25) is 19.2 Å². The Balaban J connectivity index is 1.54. The van der Waals surface area contributed by atoms with Crippen LogP contribution >= 0.6 is 11.3 Å². The molecule has 1 aliphatic rings. The van der Waals surface area contributed by atoms with E-state index in [4.69, 9.17) is 5.10 Å². The molecule has 4 aromatic rings. The Labute approximate surface area is 209 Å². The van der Waals surface area contributed by atoms with Crippen LogP contribution < -0.4 is 10.2 Å². The average Bonchev–Trinajstić information content (AvgIpc) is 3.53. The first kappa shape index (κ1) is 23.1. The molecule has 2 amide bonds. The highest BCUT2D eigenvalue weighted by atomic mass is 32.1. The van der Waals surface area contributed by atoms with Gasteiger partial charge in [-0.05, 0) is 61.0 Å². The zero-order valence-corrected chi connectivity index (χ0v) is 20.9. The van der Waals surface area contributed by atoms with Crippen LogP contribution in [0.15, 0.2) is 72.1 Å². The second-order valence-electron chi connectivity index (χ2n) is 9.16. The lowest BCUT2D eigenvalue weighted by Gasteiger charge is -2.43. The van der Waals surface area contributed by atoms with E-state index in [1.165, 1.54) is 0 Å². The smallest absolute Gasteiger partial charge is 0.277 e. The summed E-state index contributed by atoms with van der Waals surface area (Å²) >= 11 is 1.58. The second kappa shape index (κ2) is 9.15. The number of carbonyl (C=O) groups is 2. The van der Waals surface area contributed by atoms with E-state index in [-0.39, 0.29) is 18.4 Å². The molecule has 3 heterocycles. The van der Waals surface area contributed by atoms with Crippen molar-refractivity contribution in [3.8, 4) is 10.6 Å². The summed E-state index contributed by atoms with van der Waals surface area (Å²) in [4.78, 5) is 30.3. The van der Waals surface area contributed by atoms with E-state index in [1.54, 1.807) is 20.9 Å². The number of nitrogens with one attached hydrogen (secondary N) is 1. The van der Waals surface area contributed by atoms with Crippen LogP contribution in [0.3, 0.4) is 0 Å². The third-order valence-electron chi connectivity index (χ3n) is 6.53. The summed E-state index contributed by atoms with van der Waals surface area (Å²) in [7, 11) is 0. The van der Waals surface area contributed by atoms with Gasteiger partial charge in [-0.2, -0.15) is 5.10 Å². The number of aryl methyl sites for hydroxylation is 2.